The summed E-state index contributed by atoms with van der Waals surface area (Å²) in [5.41, 5.74) is 8.14. The highest BCUT2D eigenvalue weighted by molar-refractivity contribution is 5.97. The number of carbonyl (C=O) groups is 1. The highest BCUT2D eigenvalue weighted by Crippen LogP contribution is 2.15. The van der Waals surface area contributed by atoms with Gasteiger partial charge in [-0.15, -0.1) is 24.8 Å². The van der Waals surface area contributed by atoms with E-state index in [1.807, 2.05) is 13.0 Å². The number of amides is 1. The molecule has 0 aliphatic rings. The molecule has 130 valence electrons. The van der Waals surface area contributed by atoms with E-state index >= 15 is 0 Å². The molecule has 0 spiro atoms. The Morgan fingerprint density at radius 2 is 2.04 bits per heavy atom. The lowest BCUT2D eigenvalue weighted by Gasteiger charge is -2.21. The number of aromatic amines is 1. The summed E-state index contributed by atoms with van der Waals surface area (Å²) in [7, 11) is 1.79. The van der Waals surface area contributed by atoms with Gasteiger partial charge in [0.25, 0.3) is 5.91 Å². The summed E-state index contributed by atoms with van der Waals surface area (Å²) in [6.07, 6.45) is 2.37. The van der Waals surface area contributed by atoms with Gasteiger partial charge in [0, 0.05) is 36.9 Å². The van der Waals surface area contributed by atoms with Gasteiger partial charge >= 0.3 is 0 Å². The third-order valence-electron chi connectivity index (χ3n) is 3.85. The monoisotopic (exact) mass is 361 g/mol. The van der Waals surface area contributed by atoms with Crippen molar-refractivity contribution in [2.75, 3.05) is 13.6 Å². The first-order valence-corrected chi connectivity index (χ1v) is 7.22. The maximum atomic E-state index is 12.4. The smallest absolute Gasteiger partial charge is 0.255 e. The number of pyridine rings is 1. The molecule has 2 heterocycles. The SMILES string of the molecule is Cc1[nH]nc2ncc(C(=O)N(C)CCC(N)C(C)C)cc12.Cl.Cl. The van der Waals surface area contributed by atoms with Gasteiger partial charge in [0.05, 0.1) is 5.56 Å². The van der Waals surface area contributed by atoms with Crippen molar-refractivity contribution in [3.8, 4) is 0 Å². The Hall–Kier alpha value is -1.37. The Labute approximate surface area is 149 Å². The normalized spacial score (nSPS) is 11.7. The van der Waals surface area contributed by atoms with Crippen molar-refractivity contribution in [1.29, 1.82) is 0 Å². The van der Waals surface area contributed by atoms with E-state index < -0.39 is 0 Å². The number of aromatic nitrogens is 3. The summed E-state index contributed by atoms with van der Waals surface area (Å²) in [6.45, 7) is 6.73. The van der Waals surface area contributed by atoms with Crippen LogP contribution in [0.4, 0.5) is 0 Å². The number of fused-ring (bicyclic) bond motifs is 1. The van der Waals surface area contributed by atoms with Crippen LogP contribution in [0.15, 0.2) is 12.3 Å². The van der Waals surface area contributed by atoms with Crippen molar-refractivity contribution in [1.82, 2.24) is 20.1 Å². The van der Waals surface area contributed by atoms with Crippen molar-refractivity contribution in [3.05, 3.63) is 23.5 Å². The molecule has 1 atom stereocenters. The van der Waals surface area contributed by atoms with Crippen LogP contribution in [0, 0.1) is 12.8 Å². The number of hydrogen-bond acceptors (Lipinski definition) is 4. The first-order chi connectivity index (χ1) is 9.90. The van der Waals surface area contributed by atoms with Gasteiger partial charge in [-0.2, -0.15) is 5.10 Å². The number of aryl methyl sites for hydroxylation is 1. The molecule has 23 heavy (non-hydrogen) atoms. The van der Waals surface area contributed by atoms with Crippen LogP contribution in [-0.4, -0.2) is 45.6 Å². The molecule has 8 heteroatoms. The molecular formula is C15H25Cl2N5O. The van der Waals surface area contributed by atoms with Gasteiger partial charge in [0.1, 0.15) is 0 Å². The summed E-state index contributed by atoms with van der Waals surface area (Å²) >= 11 is 0. The number of nitrogens with one attached hydrogen (secondary N) is 1. The largest absolute Gasteiger partial charge is 0.342 e. The lowest BCUT2D eigenvalue weighted by Crippen LogP contribution is -2.34. The van der Waals surface area contributed by atoms with Gasteiger partial charge in [-0.25, -0.2) is 4.98 Å². The molecule has 0 radical (unpaired) electrons. The minimum Gasteiger partial charge on any atom is -0.342 e. The second-order valence-electron chi connectivity index (χ2n) is 5.87. The first-order valence-electron chi connectivity index (χ1n) is 7.22. The average molecular weight is 362 g/mol. The minimum atomic E-state index is -0.0408. The second kappa shape index (κ2) is 9.05. The molecule has 0 aromatic carbocycles. The van der Waals surface area contributed by atoms with Gasteiger partial charge in [0.2, 0.25) is 0 Å². The predicted molar refractivity (Wildman–Crippen MR) is 97.5 cm³/mol. The number of carbonyl (C=O) groups excluding carboxylic acids is 1. The molecule has 0 bridgehead atoms. The van der Waals surface area contributed by atoms with E-state index in [9.17, 15) is 4.79 Å². The third kappa shape index (κ3) is 5.06. The fourth-order valence-corrected chi connectivity index (χ4v) is 2.13. The molecule has 0 fully saturated rings. The molecule has 0 saturated carbocycles. The number of rotatable bonds is 5. The predicted octanol–water partition coefficient (Wildman–Crippen LogP) is 2.56. The lowest BCUT2D eigenvalue weighted by atomic mass is 10.0. The maximum absolute atomic E-state index is 12.4. The Morgan fingerprint density at radius 1 is 1.39 bits per heavy atom. The topological polar surface area (TPSA) is 87.9 Å². The highest BCUT2D eigenvalue weighted by Gasteiger charge is 2.16. The van der Waals surface area contributed by atoms with Crippen LogP contribution in [0.5, 0.6) is 0 Å². The molecule has 2 aromatic rings. The number of nitrogens with two attached hydrogens (primary N) is 1. The van der Waals surface area contributed by atoms with Gasteiger partial charge in [0.15, 0.2) is 5.65 Å². The first kappa shape index (κ1) is 21.6. The van der Waals surface area contributed by atoms with Crippen LogP contribution in [-0.2, 0) is 0 Å². The van der Waals surface area contributed by atoms with Crippen LogP contribution in [0.25, 0.3) is 11.0 Å². The van der Waals surface area contributed by atoms with Crippen LogP contribution >= 0.6 is 24.8 Å². The molecule has 0 aliphatic heterocycles. The van der Waals surface area contributed by atoms with Crippen LogP contribution in [0.1, 0.15) is 36.3 Å². The Morgan fingerprint density at radius 3 is 2.65 bits per heavy atom. The van der Waals surface area contributed by atoms with Crippen molar-refractivity contribution in [2.24, 2.45) is 11.7 Å². The Kier molecular flexibility index (Phi) is 8.52. The molecular weight excluding hydrogens is 337 g/mol. The molecule has 6 nitrogen and oxygen atoms in total. The van der Waals surface area contributed by atoms with E-state index in [2.05, 4.69) is 29.0 Å². The molecule has 1 amide bonds. The van der Waals surface area contributed by atoms with Crippen molar-refractivity contribution >= 4 is 41.8 Å². The van der Waals surface area contributed by atoms with Gasteiger partial charge in [-0.3, -0.25) is 9.89 Å². The average Bonchev–Trinajstić information content (AvgIpc) is 2.84. The van der Waals surface area contributed by atoms with E-state index in [1.54, 1.807) is 18.1 Å². The second-order valence-corrected chi connectivity index (χ2v) is 5.87. The van der Waals surface area contributed by atoms with E-state index in [-0.39, 0.29) is 36.8 Å². The van der Waals surface area contributed by atoms with Crippen molar-refractivity contribution in [2.45, 2.75) is 33.2 Å². The zero-order chi connectivity index (χ0) is 15.6. The van der Waals surface area contributed by atoms with E-state index in [0.29, 0.717) is 23.7 Å². The Bertz CT molecular complexity index is 644. The van der Waals surface area contributed by atoms with Crippen molar-refractivity contribution < 1.29 is 4.79 Å². The van der Waals surface area contributed by atoms with Gasteiger partial charge in [-0.1, -0.05) is 13.8 Å². The zero-order valence-corrected chi connectivity index (χ0v) is 15.5. The lowest BCUT2D eigenvalue weighted by molar-refractivity contribution is 0.0789. The van der Waals surface area contributed by atoms with E-state index in [1.165, 1.54) is 0 Å². The number of halogens is 2. The molecule has 0 aliphatic carbocycles. The summed E-state index contributed by atoms with van der Waals surface area (Å²) in [5.74, 6) is 0.376. The maximum Gasteiger partial charge on any atom is 0.255 e. The third-order valence-corrected chi connectivity index (χ3v) is 3.85. The van der Waals surface area contributed by atoms with Crippen LogP contribution in [0.3, 0.4) is 0 Å². The number of H-pyrrole nitrogens is 1. The quantitative estimate of drug-likeness (QED) is 0.856. The summed E-state index contributed by atoms with van der Waals surface area (Å²) in [5, 5.41) is 7.82. The standard InChI is InChI=1S/C15H23N5O.2ClH/c1-9(2)13(16)5-6-20(4)15(21)11-7-12-10(3)18-19-14(12)17-8-11;;/h7-9,13H,5-6,16H2,1-4H3,(H,17,18,19);2*1H. The van der Waals surface area contributed by atoms with Gasteiger partial charge < -0.3 is 10.6 Å². The molecule has 3 N–H and O–H groups in total. The molecule has 2 rings (SSSR count). The highest BCUT2D eigenvalue weighted by atomic mass is 35.5. The summed E-state index contributed by atoms with van der Waals surface area (Å²) < 4.78 is 0. The fourth-order valence-electron chi connectivity index (χ4n) is 2.13. The van der Waals surface area contributed by atoms with Gasteiger partial charge in [-0.05, 0) is 25.3 Å². The van der Waals surface area contributed by atoms with E-state index in [4.69, 9.17) is 5.73 Å². The van der Waals surface area contributed by atoms with Crippen LogP contribution < -0.4 is 5.73 Å². The number of nitrogens with zero attached hydrogens (tertiary/aromatic N) is 3. The zero-order valence-electron chi connectivity index (χ0n) is 13.9. The molecule has 2 aromatic heterocycles. The van der Waals surface area contributed by atoms with Crippen LogP contribution in [0.2, 0.25) is 0 Å². The number of hydrogen-bond donors (Lipinski definition) is 2. The molecule has 1 unspecified atom stereocenters. The summed E-state index contributed by atoms with van der Waals surface area (Å²) in [6, 6.07) is 1.94. The fraction of sp³-hybridized carbons (Fsp3) is 0.533. The van der Waals surface area contributed by atoms with E-state index in [0.717, 1.165) is 17.5 Å². The summed E-state index contributed by atoms with van der Waals surface area (Å²) in [4.78, 5) is 18.3. The Balaban J connectivity index is 0.00000242. The van der Waals surface area contributed by atoms with Crippen molar-refractivity contribution in [3.63, 3.8) is 0 Å². The minimum absolute atomic E-state index is 0. The molecule has 0 saturated heterocycles.